The summed E-state index contributed by atoms with van der Waals surface area (Å²) >= 11 is 0. The fourth-order valence-electron chi connectivity index (χ4n) is 3.19. The molecule has 0 spiro atoms. The lowest BCUT2D eigenvalue weighted by Gasteiger charge is -2.18. The van der Waals surface area contributed by atoms with Gasteiger partial charge in [0.2, 0.25) is 0 Å². The minimum Gasteiger partial charge on any atom is -0.489 e. The summed E-state index contributed by atoms with van der Waals surface area (Å²) in [7, 11) is 4.02. The molecule has 1 amide bonds. The maximum Gasteiger partial charge on any atom is 0.266 e. The van der Waals surface area contributed by atoms with E-state index in [9.17, 15) is 4.79 Å². The Morgan fingerprint density at radius 1 is 1.27 bits per heavy atom. The van der Waals surface area contributed by atoms with Gasteiger partial charge >= 0.3 is 0 Å². The summed E-state index contributed by atoms with van der Waals surface area (Å²) in [6, 6.07) is 5.91. The van der Waals surface area contributed by atoms with Crippen LogP contribution in [0, 0.1) is 6.92 Å². The second-order valence-electron chi connectivity index (χ2n) is 7.91. The van der Waals surface area contributed by atoms with Crippen LogP contribution in [0.1, 0.15) is 31.5 Å². The third-order valence-electron chi connectivity index (χ3n) is 4.63. The van der Waals surface area contributed by atoms with Crippen LogP contribution in [0.3, 0.4) is 0 Å². The van der Waals surface area contributed by atoms with Crippen LogP contribution in [0.4, 0.5) is 17.2 Å². The largest absolute Gasteiger partial charge is 0.489 e. The SMILES string of the molecule is Cc1cccc(Nc2ncnc3c2N=C(C(=O)NCCCN(C)C)C3)c1OC(C)C. The standard InChI is InChI=1S/C22H30N6O2/c1-14(2)30-20-15(3)8-6-9-16(20)27-21-19-17(24-13-25-21)12-18(26-19)22(29)23-10-7-11-28(4)5/h6,8-9,13-14H,7,10-12H2,1-5H3,(H,23,29)(H,24,25,27). The van der Waals surface area contributed by atoms with Gasteiger partial charge in [0.25, 0.3) is 5.91 Å². The minimum atomic E-state index is -0.155. The van der Waals surface area contributed by atoms with E-state index in [2.05, 4.69) is 30.5 Å². The predicted molar refractivity (Wildman–Crippen MR) is 119 cm³/mol. The summed E-state index contributed by atoms with van der Waals surface area (Å²) in [4.78, 5) is 27.8. The molecule has 2 N–H and O–H groups in total. The van der Waals surface area contributed by atoms with E-state index >= 15 is 0 Å². The first kappa shape index (κ1) is 21.7. The number of amides is 1. The molecule has 1 aromatic carbocycles. The molecule has 0 saturated heterocycles. The molecule has 8 nitrogen and oxygen atoms in total. The topological polar surface area (TPSA) is 91.7 Å². The number of hydrogen-bond donors (Lipinski definition) is 2. The zero-order valence-electron chi connectivity index (χ0n) is 18.3. The van der Waals surface area contributed by atoms with Crippen LogP contribution in [0.15, 0.2) is 29.5 Å². The average Bonchev–Trinajstić information content (AvgIpc) is 3.13. The van der Waals surface area contributed by atoms with Crippen LogP contribution >= 0.6 is 0 Å². The number of para-hydroxylation sites is 1. The van der Waals surface area contributed by atoms with Gasteiger partial charge in [0, 0.05) is 13.0 Å². The molecule has 0 unspecified atom stereocenters. The molecule has 1 aromatic heterocycles. The van der Waals surface area contributed by atoms with Gasteiger partial charge in [0.1, 0.15) is 23.5 Å². The maximum atomic E-state index is 12.5. The number of carbonyl (C=O) groups is 1. The van der Waals surface area contributed by atoms with Crippen molar-refractivity contribution in [1.29, 1.82) is 0 Å². The molecular formula is C22H30N6O2. The normalized spacial score (nSPS) is 12.7. The number of carbonyl (C=O) groups excluding carboxylic acids is 1. The molecule has 30 heavy (non-hydrogen) atoms. The van der Waals surface area contributed by atoms with E-state index in [-0.39, 0.29) is 12.0 Å². The summed E-state index contributed by atoms with van der Waals surface area (Å²) in [6.45, 7) is 7.52. The van der Waals surface area contributed by atoms with E-state index in [4.69, 9.17) is 4.74 Å². The third-order valence-corrected chi connectivity index (χ3v) is 4.63. The Bertz CT molecular complexity index is 939. The number of ether oxygens (including phenoxy) is 1. The lowest BCUT2D eigenvalue weighted by atomic mass is 10.2. The Morgan fingerprint density at radius 3 is 2.80 bits per heavy atom. The molecule has 2 aromatic rings. The number of aryl methyl sites for hydroxylation is 1. The van der Waals surface area contributed by atoms with Gasteiger partial charge in [-0.15, -0.1) is 0 Å². The van der Waals surface area contributed by atoms with Crippen molar-refractivity contribution in [2.75, 3.05) is 32.5 Å². The van der Waals surface area contributed by atoms with Gasteiger partial charge in [-0.1, -0.05) is 12.1 Å². The highest BCUT2D eigenvalue weighted by Gasteiger charge is 2.25. The average molecular weight is 411 g/mol. The lowest BCUT2D eigenvalue weighted by molar-refractivity contribution is -0.114. The molecule has 160 valence electrons. The van der Waals surface area contributed by atoms with Crippen LogP contribution in [0.25, 0.3) is 0 Å². The Balaban J connectivity index is 1.76. The summed E-state index contributed by atoms with van der Waals surface area (Å²) in [5.41, 5.74) is 3.64. The van der Waals surface area contributed by atoms with Crippen LogP contribution in [-0.4, -0.2) is 59.8 Å². The third kappa shape index (κ3) is 5.33. The Kier molecular flexibility index (Phi) is 6.99. The number of hydrogen-bond acceptors (Lipinski definition) is 7. The molecule has 1 aliphatic rings. The van der Waals surface area contributed by atoms with Crippen molar-refractivity contribution in [3.05, 3.63) is 35.8 Å². The number of aromatic nitrogens is 2. The fraction of sp³-hybridized carbons (Fsp3) is 0.455. The van der Waals surface area contributed by atoms with Crippen molar-refractivity contribution in [3.8, 4) is 5.75 Å². The van der Waals surface area contributed by atoms with Crippen LogP contribution in [0.2, 0.25) is 0 Å². The molecule has 2 heterocycles. The lowest BCUT2D eigenvalue weighted by Crippen LogP contribution is -2.33. The molecule has 8 heteroatoms. The number of anilines is 2. The van der Waals surface area contributed by atoms with Crippen molar-refractivity contribution in [3.63, 3.8) is 0 Å². The first-order valence-corrected chi connectivity index (χ1v) is 10.2. The highest BCUT2D eigenvalue weighted by Crippen LogP contribution is 2.37. The zero-order valence-corrected chi connectivity index (χ0v) is 18.3. The second kappa shape index (κ2) is 9.67. The van der Waals surface area contributed by atoms with Gasteiger partial charge in [0.15, 0.2) is 5.82 Å². The first-order chi connectivity index (χ1) is 14.3. The predicted octanol–water partition coefficient (Wildman–Crippen LogP) is 3.01. The number of rotatable bonds is 9. The van der Waals surface area contributed by atoms with Crippen LogP contribution in [0.5, 0.6) is 5.75 Å². The van der Waals surface area contributed by atoms with E-state index in [1.54, 1.807) is 0 Å². The Labute approximate surface area is 177 Å². The van der Waals surface area contributed by atoms with Crippen molar-refractivity contribution in [2.45, 2.75) is 39.7 Å². The summed E-state index contributed by atoms with van der Waals surface area (Å²) in [5.74, 6) is 1.19. The molecular weight excluding hydrogens is 380 g/mol. The van der Waals surface area contributed by atoms with Gasteiger partial charge in [-0.05, 0) is 59.5 Å². The Morgan fingerprint density at radius 2 is 2.07 bits per heavy atom. The molecule has 0 saturated carbocycles. The zero-order chi connectivity index (χ0) is 21.7. The van der Waals surface area contributed by atoms with Crippen LogP contribution < -0.4 is 15.4 Å². The Hall–Kier alpha value is -3.00. The molecule has 0 bridgehead atoms. The van der Waals surface area contributed by atoms with Crippen molar-refractivity contribution in [1.82, 2.24) is 20.2 Å². The molecule has 0 radical (unpaired) electrons. The quantitative estimate of drug-likeness (QED) is 0.618. The number of benzene rings is 1. The minimum absolute atomic E-state index is 0.0450. The molecule has 1 aliphatic heterocycles. The highest BCUT2D eigenvalue weighted by molar-refractivity contribution is 6.41. The number of fused-ring (bicyclic) bond motifs is 1. The van der Waals surface area contributed by atoms with Crippen LogP contribution in [-0.2, 0) is 11.2 Å². The molecule has 3 rings (SSSR count). The molecule has 0 fully saturated rings. The summed E-state index contributed by atoms with van der Waals surface area (Å²) in [6.07, 6.45) is 2.82. The van der Waals surface area contributed by atoms with Crippen molar-refractivity contribution >= 4 is 28.8 Å². The number of nitrogens with one attached hydrogen (secondary N) is 2. The smallest absolute Gasteiger partial charge is 0.266 e. The first-order valence-electron chi connectivity index (χ1n) is 10.2. The van der Waals surface area contributed by atoms with Gasteiger partial charge in [0.05, 0.1) is 17.5 Å². The molecule has 0 aliphatic carbocycles. The van der Waals surface area contributed by atoms with E-state index < -0.39 is 0 Å². The van der Waals surface area contributed by atoms with E-state index in [0.717, 1.165) is 35.7 Å². The van der Waals surface area contributed by atoms with E-state index in [1.165, 1.54) is 6.33 Å². The second-order valence-corrected chi connectivity index (χ2v) is 7.91. The van der Waals surface area contributed by atoms with Gasteiger partial charge in [-0.2, -0.15) is 0 Å². The number of aliphatic imine (C=N–C) groups is 1. The fourth-order valence-corrected chi connectivity index (χ4v) is 3.19. The maximum absolute atomic E-state index is 12.5. The monoisotopic (exact) mass is 410 g/mol. The van der Waals surface area contributed by atoms with Gasteiger partial charge in [-0.25, -0.2) is 15.0 Å². The van der Waals surface area contributed by atoms with E-state index in [1.807, 2.05) is 53.1 Å². The summed E-state index contributed by atoms with van der Waals surface area (Å²) < 4.78 is 5.99. The van der Waals surface area contributed by atoms with Gasteiger partial charge < -0.3 is 20.3 Å². The highest BCUT2D eigenvalue weighted by atomic mass is 16.5. The van der Waals surface area contributed by atoms with Crippen molar-refractivity contribution < 1.29 is 9.53 Å². The van der Waals surface area contributed by atoms with Crippen molar-refractivity contribution in [2.24, 2.45) is 4.99 Å². The molecule has 0 atom stereocenters. The number of nitrogens with zero attached hydrogens (tertiary/aromatic N) is 4. The van der Waals surface area contributed by atoms with Gasteiger partial charge in [-0.3, -0.25) is 4.79 Å². The van der Waals surface area contributed by atoms with E-state index in [0.29, 0.717) is 30.2 Å². The summed E-state index contributed by atoms with van der Waals surface area (Å²) in [5, 5.41) is 6.26.